The van der Waals surface area contributed by atoms with Crippen LogP contribution in [0.25, 0.3) is 11.4 Å². The number of carbonyl (C=O) groups excluding carboxylic acids is 1. The highest BCUT2D eigenvalue weighted by Crippen LogP contribution is 2.34. The van der Waals surface area contributed by atoms with Gasteiger partial charge in [0.1, 0.15) is 24.2 Å². The molecular weight excluding hydrogens is 661 g/mol. The second-order valence-corrected chi connectivity index (χ2v) is 14.4. The standard InChI is InChI=1S/C39H44FN9O3/c1-39(2,3)52-38(50)48-16-15-35(33(40)23-48)44-34-14-9-27(21-28(34)22-41)36-42-26-43-37(45-36)49(30-7-5-4-6-8-30)31-12-10-29(11-13-31)46-17-19-47(20-18-46)32-24-51-25-32/h4-14,21,26,32-33,35,44H,15-20,23-25H2,1-3H3/t33-,35+/m1/s1. The minimum absolute atomic E-state index is 0.0889. The number of alkyl halides is 1. The van der Waals surface area contributed by atoms with Gasteiger partial charge in [0.15, 0.2) is 5.82 Å². The SMILES string of the molecule is CC(C)(C)OC(=O)N1CC[C@H](Nc2ccc(-c3ncnc(N(c4ccccc4)c4ccc(N5CCN(C6COC6)CC5)cc4)n3)cc2C#N)[C@H](F)C1. The molecule has 3 fully saturated rings. The molecular formula is C39H44FN9O3. The number of ether oxygens (including phenoxy) is 2. The van der Waals surface area contributed by atoms with E-state index >= 15 is 4.39 Å². The van der Waals surface area contributed by atoms with E-state index in [1.165, 1.54) is 16.9 Å². The Labute approximate surface area is 303 Å². The smallest absolute Gasteiger partial charge is 0.410 e. The molecule has 1 aromatic heterocycles. The molecule has 1 amide bonds. The van der Waals surface area contributed by atoms with E-state index in [1.807, 2.05) is 41.3 Å². The first-order chi connectivity index (χ1) is 25.1. The number of halogens is 1. The number of anilines is 5. The molecule has 270 valence electrons. The highest BCUT2D eigenvalue weighted by atomic mass is 19.1. The number of piperazine rings is 1. The van der Waals surface area contributed by atoms with Crippen LogP contribution in [0, 0.1) is 11.3 Å². The third-order valence-electron chi connectivity index (χ3n) is 9.63. The van der Waals surface area contributed by atoms with Crippen molar-refractivity contribution in [1.29, 1.82) is 5.26 Å². The number of hydrogen-bond acceptors (Lipinski definition) is 11. The summed E-state index contributed by atoms with van der Waals surface area (Å²) >= 11 is 0. The number of carbonyl (C=O) groups is 1. The highest BCUT2D eigenvalue weighted by molar-refractivity contribution is 5.75. The van der Waals surface area contributed by atoms with Gasteiger partial charge in [-0.1, -0.05) is 18.2 Å². The Hall–Kier alpha value is -5.32. The largest absolute Gasteiger partial charge is 0.444 e. The number of para-hydroxylation sites is 1. The maximum absolute atomic E-state index is 15.3. The van der Waals surface area contributed by atoms with Gasteiger partial charge in [-0.2, -0.15) is 10.2 Å². The number of benzene rings is 3. The summed E-state index contributed by atoms with van der Waals surface area (Å²) in [5, 5.41) is 13.3. The monoisotopic (exact) mass is 705 g/mol. The Morgan fingerprint density at radius 3 is 2.37 bits per heavy atom. The molecule has 2 atom stereocenters. The first-order valence-electron chi connectivity index (χ1n) is 17.8. The van der Waals surface area contributed by atoms with Crippen molar-refractivity contribution >= 4 is 34.8 Å². The van der Waals surface area contributed by atoms with Crippen molar-refractivity contribution in [2.75, 3.05) is 67.6 Å². The van der Waals surface area contributed by atoms with E-state index in [-0.39, 0.29) is 6.54 Å². The number of amides is 1. The van der Waals surface area contributed by atoms with Crippen LogP contribution in [0.3, 0.4) is 0 Å². The van der Waals surface area contributed by atoms with Crippen LogP contribution in [0.2, 0.25) is 0 Å². The number of piperidine rings is 1. The molecule has 3 aromatic carbocycles. The molecule has 0 bridgehead atoms. The molecule has 3 aliphatic heterocycles. The lowest BCUT2D eigenvalue weighted by atomic mass is 10.0. The second-order valence-electron chi connectivity index (χ2n) is 14.4. The molecule has 13 heteroatoms. The zero-order valence-electron chi connectivity index (χ0n) is 29.8. The number of aromatic nitrogens is 3. The normalized spacial score (nSPS) is 19.8. The van der Waals surface area contributed by atoms with Crippen LogP contribution in [-0.4, -0.2) is 107 Å². The topological polar surface area (TPSA) is 123 Å². The van der Waals surface area contributed by atoms with E-state index in [4.69, 9.17) is 14.5 Å². The van der Waals surface area contributed by atoms with Crippen molar-refractivity contribution in [3.63, 3.8) is 0 Å². The van der Waals surface area contributed by atoms with Crippen LogP contribution in [-0.2, 0) is 9.47 Å². The number of nitrogens with zero attached hydrogens (tertiary/aromatic N) is 8. The molecule has 1 N–H and O–H groups in total. The maximum atomic E-state index is 15.3. The molecule has 4 aromatic rings. The highest BCUT2D eigenvalue weighted by Gasteiger charge is 2.34. The molecule has 3 saturated heterocycles. The van der Waals surface area contributed by atoms with E-state index in [9.17, 15) is 10.1 Å². The van der Waals surface area contributed by atoms with Crippen molar-refractivity contribution in [2.45, 2.75) is 51.0 Å². The maximum Gasteiger partial charge on any atom is 0.410 e. The summed E-state index contributed by atoms with van der Waals surface area (Å²) in [6.45, 7) is 11.3. The van der Waals surface area contributed by atoms with Gasteiger partial charge in [0, 0.05) is 55.3 Å². The Balaban J connectivity index is 1.07. The van der Waals surface area contributed by atoms with Crippen molar-refractivity contribution in [3.8, 4) is 17.5 Å². The first kappa shape index (κ1) is 35.1. The molecule has 12 nitrogen and oxygen atoms in total. The Morgan fingerprint density at radius 2 is 1.71 bits per heavy atom. The molecule has 3 aliphatic rings. The third-order valence-corrected chi connectivity index (χ3v) is 9.63. The minimum Gasteiger partial charge on any atom is -0.444 e. The predicted molar refractivity (Wildman–Crippen MR) is 198 cm³/mol. The summed E-state index contributed by atoms with van der Waals surface area (Å²) in [4.78, 5) is 34.7. The van der Waals surface area contributed by atoms with Crippen molar-refractivity contribution in [3.05, 3.63) is 84.7 Å². The molecule has 52 heavy (non-hydrogen) atoms. The summed E-state index contributed by atoms with van der Waals surface area (Å²) in [7, 11) is 0. The number of nitriles is 1. The zero-order chi connectivity index (χ0) is 36.2. The van der Waals surface area contributed by atoms with E-state index < -0.39 is 23.9 Å². The van der Waals surface area contributed by atoms with Crippen LogP contribution in [0.5, 0.6) is 0 Å². The number of likely N-dealkylation sites (tertiary alicyclic amines) is 1. The summed E-state index contributed by atoms with van der Waals surface area (Å²) in [6.07, 6.45) is -0.0274. The van der Waals surface area contributed by atoms with Crippen molar-refractivity contribution in [2.24, 2.45) is 0 Å². The van der Waals surface area contributed by atoms with E-state index in [0.717, 1.165) is 50.8 Å². The van der Waals surface area contributed by atoms with E-state index in [0.29, 0.717) is 47.6 Å². The number of hydrogen-bond donors (Lipinski definition) is 1. The molecule has 0 radical (unpaired) electrons. The fraction of sp³-hybridized carbons (Fsp3) is 0.410. The summed E-state index contributed by atoms with van der Waals surface area (Å²) in [5.41, 5.74) is 3.75. The minimum atomic E-state index is -1.34. The van der Waals surface area contributed by atoms with Gasteiger partial charge >= 0.3 is 6.09 Å². The summed E-state index contributed by atoms with van der Waals surface area (Å²) < 4.78 is 26.1. The van der Waals surface area contributed by atoms with Gasteiger partial charge in [0.05, 0.1) is 43.1 Å². The van der Waals surface area contributed by atoms with Gasteiger partial charge in [-0.05, 0) is 81.8 Å². The van der Waals surface area contributed by atoms with Crippen LogP contribution in [0.4, 0.5) is 37.9 Å². The van der Waals surface area contributed by atoms with Gasteiger partial charge in [-0.3, -0.25) is 9.80 Å². The molecule has 4 heterocycles. The van der Waals surface area contributed by atoms with Crippen LogP contribution in [0.1, 0.15) is 32.8 Å². The molecule has 0 unspecified atom stereocenters. The lowest BCUT2D eigenvalue weighted by Gasteiger charge is -2.43. The van der Waals surface area contributed by atoms with E-state index in [2.05, 4.69) is 55.4 Å². The Morgan fingerprint density at radius 1 is 0.981 bits per heavy atom. The Kier molecular flexibility index (Phi) is 10.2. The molecule has 0 aliphatic carbocycles. The molecule has 7 rings (SSSR count). The van der Waals surface area contributed by atoms with Gasteiger partial charge < -0.3 is 24.6 Å². The average molecular weight is 706 g/mol. The lowest BCUT2D eigenvalue weighted by Crippen LogP contribution is -2.56. The zero-order valence-corrected chi connectivity index (χ0v) is 29.8. The van der Waals surface area contributed by atoms with Crippen LogP contribution >= 0.6 is 0 Å². The van der Waals surface area contributed by atoms with Gasteiger partial charge in [0.2, 0.25) is 5.95 Å². The predicted octanol–water partition coefficient (Wildman–Crippen LogP) is 6.16. The Bertz CT molecular complexity index is 1890. The van der Waals surface area contributed by atoms with Gasteiger partial charge in [-0.25, -0.2) is 19.2 Å². The second kappa shape index (κ2) is 15.1. The van der Waals surface area contributed by atoms with Crippen molar-refractivity contribution < 1.29 is 18.7 Å². The molecule has 0 spiro atoms. The van der Waals surface area contributed by atoms with Crippen LogP contribution < -0.4 is 15.1 Å². The number of nitrogens with one attached hydrogen (secondary N) is 1. The fourth-order valence-corrected chi connectivity index (χ4v) is 6.74. The van der Waals surface area contributed by atoms with Gasteiger partial charge in [0.25, 0.3) is 0 Å². The third kappa shape index (κ3) is 7.93. The van der Waals surface area contributed by atoms with Crippen LogP contribution in [0.15, 0.2) is 79.1 Å². The fourth-order valence-electron chi connectivity index (χ4n) is 6.74. The van der Waals surface area contributed by atoms with Gasteiger partial charge in [-0.15, -0.1) is 0 Å². The molecule has 0 saturated carbocycles. The lowest BCUT2D eigenvalue weighted by molar-refractivity contribution is -0.0660. The summed E-state index contributed by atoms with van der Waals surface area (Å²) in [6, 6.07) is 25.9. The quantitative estimate of drug-likeness (QED) is 0.227. The summed E-state index contributed by atoms with van der Waals surface area (Å²) in [5.74, 6) is 0.826. The average Bonchev–Trinajstić information content (AvgIpc) is 3.12. The number of rotatable bonds is 8. The first-order valence-corrected chi connectivity index (χ1v) is 17.8. The van der Waals surface area contributed by atoms with E-state index in [1.54, 1.807) is 32.9 Å². The van der Waals surface area contributed by atoms with Crippen molar-refractivity contribution in [1.82, 2.24) is 24.8 Å².